The lowest BCUT2D eigenvalue weighted by Gasteiger charge is -2.69. The number of nitrogens with one attached hydrogen (secondary N) is 1. The molecular formula is C43H67NO6. The topological polar surface area (TPSA) is 110 Å². The summed E-state index contributed by atoms with van der Waals surface area (Å²) >= 11 is 0. The normalized spacial score (nSPS) is 38.5. The van der Waals surface area contributed by atoms with Crippen LogP contribution in [0.4, 0.5) is 0 Å². The Morgan fingerprint density at radius 1 is 0.880 bits per heavy atom. The first-order valence-electron chi connectivity index (χ1n) is 20.4. The van der Waals surface area contributed by atoms with Gasteiger partial charge < -0.3 is 15.2 Å². The molecule has 8 unspecified atom stereocenters. The second kappa shape index (κ2) is 13.3. The van der Waals surface area contributed by atoms with Crippen LogP contribution in [0.1, 0.15) is 158 Å². The number of carboxylic acids is 1. The summed E-state index contributed by atoms with van der Waals surface area (Å²) in [7, 11) is 0. The lowest BCUT2D eigenvalue weighted by atomic mass is 9.36. The van der Waals surface area contributed by atoms with Gasteiger partial charge in [-0.2, -0.15) is 0 Å². The number of hydrogen-bond donors (Lipinski definition) is 2. The first kappa shape index (κ1) is 37.6. The lowest BCUT2D eigenvalue weighted by molar-refractivity contribution is -0.213. The van der Waals surface area contributed by atoms with Crippen LogP contribution in [-0.4, -0.2) is 41.4 Å². The van der Waals surface area contributed by atoms with Crippen LogP contribution in [0.5, 0.6) is 0 Å². The smallest absolute Gasteiger partial charge is 0.309 e. The number of ether oxygens (including phenoxy) is 1. The van der Waals surface area contributed by atoms with Crippen LogP contribution in [0.15, 0.2) is 11.1 Å². The van der Waals surface area contributed by atoms with Crippen molar-refractivity contribution in [3.63, 3.8) is 0 Å². The molecular weight excluding hydrogens is 626 g/mol. The van der Waals surface area contributed by atoms with Crippen molar-refractivity contribution in [3.8, 4) is 0 Å². The maximum Gasteiger partial charge on any atom is 0.309 e. The average molecular weight is 694 g/mol. The summed E-state index contributed by atoms with van der Waals surface area (Å²) in [6, 6.07) is 0. The maximum absolute atomic E-state index is 13.9. The summed E-state index contributed by atoms with van der Waals surface area (Å²) in [5.41, 5.74) is 1.46. The summed E-state index contributed by atoms with van der Waals surface area (Å²) in [6.07, 6.45) is 15.3. The highest BCUT2D eigenvalue weighted by Crippen LogP contribution is 2.73. The molecule has 0 aromatic heterocycles. The van der Waals surface area contributed by atoms with Gasteiger partial charge in [0, 0.05) is 29.7 Å². The molecule has 1 amide bonds. The molecule has 0 bridgehead atoms. The van der Waals surface area contributed by atoms with Gasteiger partial charge in [0.15, 0.2) is 5.78 Å². The third-order valence-corrected chi connectivity index (χ3v) is 16.0. The second-order valence-electron chi connectivity index (χ2n) is 19.9. The van der Waals surface area contributed by atoms with Crippen LogP contribution in [0.25, 0.3) is 0 Å². The van der Waals surface area contributed by atoms with E-state index >= 15 is 0 Å². The minimum absolute atomic E-state index is 0.110. The molecule has 6 aliphatic carbocycles. The van der Waals surface area contributed by atoms with Gasteiger partial charge in [-0.1, -0.05) is 66.4 Å². The Labute approximate surface area is 301 Å². The SMILES string of the molecule is CC(C)C1=C2C3CCC4C(C)(CCC5C(C)(C)C(OC(=O)CC(C)(C)C(=O)O)CCC54C)C3CCC2(CCNC(=O)C2CCCCC2)CC1=O. The van der Waals surface area contributed by atoms with Gasteiger partial charge in [-0.05, 0) is 130 Å². The zero-order valence-corrected chi connectivity index (χ0v) is 32.6. The van der Waals surface area contributed by atoms with E-state index in [9.17, 15) is 24.3 Å². The van der Waals surface area contributed by atoms with E-state index in [1.54, 1.807) is 13.8 Å². The fraction of sp³-hybridized carbons (Fsp3) is 0.860. The van der Waals surface area contributed by atoms with Gasteiger partial charge in [0.05, 0.1) is 11.8 Å². The number of aliphatic carboxylic acids is 1. The first-order valence-corrected chi connectivity index (χ1v) is 20.4. The fourth-order valence-electron chi connectivity index (χ4n) is 13.5. The van der Waals surface area contributed by atoms with Gasteiger partial charge in [0.1, 0.15) is 6.10 Å². The monoisotopic (exact) mass is 693 g/mol. The summed E-state index contributed by atoms with van der Waals surface area (Å²) < 4.78 is 6.15. The van der Waals surface area contributed by atoms with Crippen molar-refractivity contribution in [2.24, 2.45) is 62.6 Å². The number of rotatable bonds is 9. The number of amides is 1. The zero-order chi connectivity index (χ0) is 36.4. The van der Waals surface area contributed by atoms with Gasteiger partial charge in [-0.25, -0.2) is 0 Å². The largest absolute Gasteiger partial charge is 0.481 e. The predicted octanol–water partition coefficient (Wildman–Crippen LogP) is 9.08. The Morgan fingerprint density at radius 3 is 2.22 bits per heavy atom. The number of Topliss-reactive ketones (excluding diaryl/α,β-unsaturated/α-hetero) is 1. The Kier molecular flexibility index (Phi) is 10.0. The van der Waals surface area contributed by atoms with Crippen LogP contribution in [0.3, 0.4) is 0 Å². The van der Waals surface area contributed by atoms with Gasteiger partial charge in [0.25, 0.3) is 0 Å². The Bertz CT molecular complexity index is 1400. The van der Waals surface area contributed by atoms with Crippen molar-refractivity contribution in [3.05, 3.63) is 11.1 Å². The Hall–Kier alpha value is -2.18. The number of carbonyl (C=O) groups excluding carboxylic acids is 3. The molecule has 5 saturated carbocycles. The van der Waals surface area contributed by atoms with Gasteiger partial charge in [-0.15, -0.1) is 0 Å². The molecule has 0 saturated heterocycles. The molecule has 0 spiro atoms. The summed E-state index contributed by atoms with van der Waals surface area (Å²) in [6.45, 7) is 18.0. The number of carboxylic acid groups (broad SMARTS) is 1. The highest BCUT2D eigenvalue weighted by molar-refractivity contribution is 6.00. The molecule has 8 atom stereocenters. The highest BCUT2D eigenvalue weighted by atomic mass is 16.5. The van der Waals surface area contributed by atoms with Gasteiger partial charge in [-0.3, -0.25) is 19.2 Å². The van der Waals surface area contributed by atoms with Crippen molar-refractivity contribution < 1.29 is 29.0 Å². The van der Waals surface area contributed by atoms with E-state index < -0.39 is 17.4 Å². The number of hydrogen-bond acceptors (Lipinski definition) is 5. The third-order valence-electron chi connectivity index (χ3n) is 16.0. The highest BCUT2D eigenvalue weighted by Gasteiger charge is 2.66. The van der Waals surface area contributed by atoms with E-state index in [2.05, 4.69) is 46.9 Å². The number of carbonyl (C=O) groups is 4. The molecule has 0 aromatic rings. The van der Waals surface area contributed by atoms with E-state index in [1.165, 1.54) is 12.0 Å². The quantitative estimate of drug-likeness (QED) is 0.233. The number of fused-ring (bicyclic) bond motifs is 7. The Morgan fingerprint density at radius 2 is 1.56 bits per heavy atom. The minimum atomic E-state index is -1.15. The molecule has 7 nitrogen and oxygen atoms in total. The number of ketones is 1. The predicted molar refractivity (Wildman–Crippen MR) is 195 cm³/mol. The molecule has 50 heavy (non-hydrogen) atoms. The zero-order valence-electron chi connectivity index (χ0n) is 32.6. The van der Waals surface area contributed by atoms with Crippen LogP contribution in [0, 0.1) is 62.6 Å². The molecule has 7 heteroatoms. The fourth-order valence-corrected chi connectivity index (χ4v) is 13.5. The minimum Gasteiger partial charge on any atom is -0.481 e. The van der Waals surface area contributed by atoms with Crippen molar-refractivity contribution >= 4 is 23.6 Å². The van der Waals surface area contributed by atoms with Crippen molar-refractivity contribution in [1.29, 1.82) is 0 Å². The molecule has 2 N–H and O–H groups in total. The standard InChI is InChI=1S/C43H67NO6/c1-26(2)35-30(45)24-43(22-23-44-37(47)27-12-10-9-11-13-27)21-16-29-28(36(35)43)14-15-32-41(29,7)19-17-31-40(5,6)33(18-20-42(31,32)8)50-34(46)25-39(3,4)38(48)49/h26-29,31-33H,9-25H2,1-8H3,(H,44,47)(H,48,49). The summed E-state index contributed by atoms with van der Waals surface area (Å²) in [5, 5.41) is 12.9. The van der Waals surface area contributed by atoms with Crippen LogP contribution in [0.2, 0.25) is 0 Å². The van der Waals surface area contributed by atoms with E-state index in [1.807, 2.05) is 0 Å². The number of esters is 1. The molecule has 5 fully saturated rings. The lowest BCUT2D eigenvalue weighted by Crippen LogP contribution is -2.63. The van der Waals surface area contributed by atoms with Crippen molar-refractivity contribution in [2.45, 2.75) is 164 Å². The molecule has 6 rings (SSSR count). The van der Waals surface area contributed by atoms with E-state index in [0.717, 1.165) is 89.0 Å². The van der Waals surface area contributed by atoms with Crippen molar-refractivity contribution in [2.75, 3.05) is 6.54 Å². The third kappa shape index (κ3) is 6.20. The molecule has 0 heterocycles. The molecule has 280 valence electrons. The maximum atomic E-state index is 13.9. The van der Waals surface area contributed by atoms with Crippen LogP contribution < -0.4 is 5.32 Å². The van der Waals surface area contributed by atoms with E-state index in [-0.39, 0.29) is 51.9 Å². The van der Waals surface area contributed by atoms with Gasteiger partial charge in [0.2, 0.25) is 5.91 Å². The van der Waals surface area contributed by atoms with E-state index in [0.29, 0.717) is 42.4 Å². The van der Waals surface area contributed by atoms with Crippen molar-refractivity contribution in [1.82, 2.24) is 5.32 Å². The summed E-state index contributed by atoms with van der Waals surface area (Å²) in [5.74, 6) is 1.55. The van der Waals surface area contributed by atoms with Crippen LogP contribution >= 0.6 is 0 Å². The molecule has 6 aliphatic rings. The molecule has 0 aromatic carbocycles. The Balaban J connectivity index is 1.21. The van der Waals surface area contributed by atoms with E-state index in [4.69, 9.17) is 4.74 Å². The van der Waals surface area contributed by atoms with Crippen LogP contribution in [-0.2, 0) is 23.9 Å². The molecule has 0 radical (unpaired) electrons. The average Bonchev–Trinajstić information content (AvgIpc) is 3.34. The number of allylic oxidation sites excluding steroid dienone is 2. The first-order chi connectivity index (χ1) is 23.4. The van der Waals surface area contributed by atoms with Gasteiger partial charge >= 0.3 is 11.9 Å². The molecule has 0 aliphatic heterocycles. The second-order valence-corrected chi connectivity index (χ2v) is 19.9. The summed E-state index contributed by atoms with van der Waals surface area (Å²) in [4.78, 5) is 51.7.